The maximum Gasteiger partial charge on any atom is 0.259 e. The van der Waals surface area contributed by atoms with Gasteiger partial charge in [-0.05, 0) is 12.1 Å². The first-order chi connectivity index (χ1) is 10.2. The molecule has 1 aromatic heterocycles. The normalized spacial score (nSPS) is 17.0. The number of carbonyl (C=O) groups excluding carboxylic acids is 2. The number of morpholine rings is 1. The summed E-state index contributed by atoms with van der Waals surface area (Å²) in [5.74, 6) is -0.893. The first-order valence-corrected chi connectivity index (χ1v) is 6.65. The number of nitrogens with one attached hydrogen (secondary N) is 2. The molecule has 0 saturated carbocycles. The third-order valence-corrected chi connectivity index (χ3v) is 3.03. The van der Waals surface area contributed by atoms with Crippen LogP contribution in [0, 0.1) is 0 Å². The molecule has 0 unspecified atom stereocenters. The largest absolute Gasteiger partial charge is 0.394 e. The second-order valence-corrected chi connectivity index (χ2v) is 4.52. The lowest BCUT2D eigenvalue weighted by molar-refractivity contribution is -0.130. The number of hydrogen-bond acceptors (Lipinski definition) is 6. The summed E-state index contributed by atoms with van der Waals surface area (Å²) in [4.78, 5) is 27.8. The van der Waals surface area contributed by atoms with Crippen LogP contribution < -0.4 is 10.7 Å². The van der Waals surface area contributed by atoms with E-state index in [9.17, 15) is 14.7 Å². The minimum Gasteiger partial charge on any atom is -0.394 e. The lowest BCUT2D eigenvalue weighted by atomic mass is 10.2. The lowest BCUT2D eigenvalue weighted by Crippen LogP contribution is -2.56. The summed E-state index contributed by atoms with van der Waals surface area (Å²) in [6.07, 6.45) is 2.97. The van der Waals surface area contributed by atoms with Crippen LogP contribution >= 0.6 is 0 Å². The van der Waals surface area contributed by atoms with Crippen molar-refractivity contribution in [1.29, 1.82) is 0 Å². The number of rotatable bonds is 5. The summed E-state index contributed by atoms with van der Waals surface area (Å²) in [5.41, 5.74) is 3.03. The van der Waals surface area contributed by atoms with Gasteiger partial charge in [-0.25, -0.2) is 5.01 Å². The number of ether oxygens (including phenoxy) is 1. The molecule has 0 radical (unpaired) electrons. The number of aliphatic hydroxyl groups excluding tert-OH is 1. The third kappa shape index (κ3) is 4.48. The molecular formula is C13H18N4O4. The minimum absolute atomic E-state index is 0.377. The molecule has 0 aromatic carbocycles. The van der Waals surface area contributed by atoms with Crippen molar-refractivity contribution in [2.75, 3.05) is 32.9 Å². The Hall–Kier alpha value is -2.03. The van der Waals surface area contributed by atoms with E-state index in [0.29, 0.717) is 31.9 Å². The van der Waals surface area contributed by atoms with E-state index in [0.717, 1.165) is 0 Å². The van der Waals surface area contributed by atoms with E-state index in [4.69, 9.17) is 4.74 Å². The Kier molecular flexibility index (Phi) is 5.61. The number of hydrazine groups is 1. The molecule has 1 atom stereocenters. The van der Waals surface area contributed by atoms with Crippen LogP contribution in [0.1, 0.15) is 10.4 Å². The van der Waals surface area contributed by atoms with Gasteiger partial charge in [0.1, 0.15) is 6.04 Å². The Morgan fingerprint density at radius 3 is 2.62 bits per heavy atom. The highest BCUT2D eigenvalue weighted by Gasteiger charge is 2.23. The molecule has 0 aliphatic carbocycles. The van der Waals surface area contributed by atoms with Crippen LogP contribution in [0.15, 0.2) is 24.5 Å². The van der Waals surface area contributed by atoms with E-state index in [2.05, 4.69) is 15.7 Å². The predicted octanol–water partition coefficient (Wildman–Crippen LogP) is -1.46. The van der Waals surface area contributed by atoms with Gasteiger partial charge in [0.2, 0.25) is 0 Å². The van der Waals surface area contributed by atoms with Crippen molar-refractivity contribution in [3.8, 4) is 0 Å². The standard InChI is InChI=1S/C13H18N4O4/c18-9-11(13(20)16-17-5-7-21-8-6-17)15-12(19)10-1-3-14-4-2-10/h1-4,11,18H,5-9H2,(H,15,19)(H,16,20)/t11-/m0/s1. The summed E-state index contributed by atoms with van der Waals surface area (Å²) in [7, 11) is 0. The number of aliphatic hydroxyl groups is 1. The number of hydrogen-bond donors (Lipinski definition) is 3. The van der Waals surface area contributed by atoms with Gasteiger partial charge in [-0.15, -0.1) is 0 Å². The van der Waals surface area contributed by atoms with Crippen LogP contribution in [0.5, 0.6) is 0 Å². The van der Waals surface area contributed by atoms with Gasteiger partial charge < -0.3 is 15.2 Å². The zero-order valence-electron chi connectivity index (χ0n) is 11.5. The van der Waals surface area contributed by atoms with Crippen LogP contribution in [-0.2, 0) is 9.53 Å². The monoisotopic (exact) mass is 294 g/mol. The Morgan fingerprint density at radius 2 is 2.00 bits per heavy atom. The molecule has 2 heterocycles. The number of carbonyl (C=O) groups is 2. The van der Waals surface area contributed by atoms with Crippen LogP contribution in [-0.4, -0.2) is 65.9 Å². The van der Waals surface area contributed by atoms with Gasteiger partial charge in [0.15, 0.2) is 0 Å². The molecule has 1 aliphatic rings. The van der Waals surface area contributed by atoms with E-state index in [-0.39, 0.29) is 0 Å². The van der Waals surface area contributed by atoms with Gasteiger partial charge in [0.05, 0.1) is 19.8 Å². The zero-order chi connectivity index (χ0) is 15.1. The van der Waals surface area contributed by atoms with Crippen molar-refractivity contribution in [2.45, 2.75) is 6.04 Å². The van der Waals surface area contributed by atoms with Gasteiger partial charge in [0.25, 0.3) is 11.8 Å². The molecule has 0 bridgehead atoms. The topological polar surface area (TPSA) is 104 Å². The maximum absolute atomic E-state index is 12.0. The van der Waals surface area contributed by atoms with Crippen LogP contribution in [0.3, 0.4) is 0 Å². The molecule has 2 amide bonds. The Bertz CT molecular complexity index is 476. The van der Waals surface area contributed by atoms with E-state index < -0.39 is 24.5 Å². The summed E-state index contributed by atoms with van der Waals surface area (Å²) in [6.45, 7) is 1.73. The molecule has 1 saturated heterocycles. The maximum atomic E-state index is 12.0. The number of aromatic nitrogens is 1. The van der Waals surface area contributed by atoms with Gasteiger partial charge in [-0.2, -0.15) is 0 Å². The van der Waals surface area contributed by atoms with Gasteiger partial charge in [0, 0.05) is 31.0 Å². The van der Waals surface area contributed by atoms with Gasteiger partial charge in [-0.1, -0.05) is 0 Å². The molecule has 1 aliphatic heterocycles. The van der Waals surface area contributed by atoms with Crippen LogP contribution in [0.4, 0.5) is 0 Å². The van der Waals surface area contributed by atoms with Crippen molar-refractivity contribution in [3.63, 3.8) is 0 Å². The first kappa shape index (κ1) is 15.4. The fourth-order valence-electron chi connectivity index (χ4n) is 1.85. The quantitative estimate of drug-likeness (QED) is 0.613. The molecule has 1 fully saturated rings. The van der Waals surface area contributed by atoms with Crippen molar-refractivity contribution in [3.05, 3.63) is 30.1 Å². The third-order valence-electron chi connectivity index (χ3n) is 3.03. The smallest absolute Gasteiger partial charge is 0.259 e. The molecule has 3 N–H and O–H groups in total. The molecule has 8 heteroatoms. The van der Waals surface area contributed by atoms with E-state index in [1.54, 1.807) is 5.01 Å². The minimum atomic E-state index is -1.01. The molecule has 0 spiro atoms. The Morgan fingerprint density at radius 1 is 1.33 bits per heavy atom. The summed E-state index contributed by atoms with van der Waals surface area (Å²) in [6, 6.07) is 2.06. The highest BCUT2D eigenvalue weighted by molar-refractivity contribution is 5.97. The first-order valence-electron chi connectivity index (χ1n) is 6.65. The summed E-state index contributed by atoms with van der Waals surface area (Å²) in [5, 5.41) is 13.5. The molecule has 1 aromatic rings. The average Bonchev–Trinajstić information content (AvgIpc) is 2.54. The molecule has 2 rings (SSSR count). The van der Waals surface area contributed by atoms with E-state index in [1.807, 2.05) is 0 Å². The van der Waals surface area contributed by atoms with Crippen molar-refractivity contribution >= 4 is 11.8 Å². The molecule has 8 nitrogen and oxygen atoms in total. The van der Waals surface area contributed by atoms with Crippen molar-refractivity contribution in [1.82, 2.24) is 20.7 Å². The van der Waals surface area contributed by atoms with Crippen LogP contribution in [0.25, 0.3) is 0 Å². The van der Waals surface area contributed by atoms with E-state index in [1.165, 1.54) is 24.5 Å². The lowest BCUT2D eigenvalue weighted by Gasteiger charge is -2.28. The number of pyridine rings is 1. The Balaban J connectivity index is 1.89. The summed E-state index contributed by atoms with van der Waals surface area (Å²) < 4.78 is 5.17. The molecule has 21 heavy (non-hydrogen) atoms. The van der Waals surface area contributed by atoms with Crippen LogP contribution in [0.2, 0.25) is 0 Å². The summed E-state index contributed by atoms with van der Waals surface area (Å²) >= 11 is 0. The highest BCUT2D eigenvalue weighted by atomic mass is 16.5. The molecule has 114 valence electrons. The Labute approximate surface area is 122 Å². The van der Waals surface area contributed by atoms with Crippen molar-refractivity contribution in [2.24, 2.45) is 0 Å². The zero-order valence-corrected chi connectivity index (χ0v) is 11.5. The second-order valence-electron chi connectivity index (χ2n) is 4.52. The fourth-order valence-corrected chi connectivity index (χ4v) is 1.85. The SMILES string of the molecule is O=C(N[C@@H](CO)C(=O)NN1CCOCC1)c1ccncc1. The average molecular weight is 294 g/mol. The predicted molar refractivity (Wildman–Crippen MR) is 73.1 cm³/mol. The van der Waals surface area contributed by atoms with E-state index >= 15 is 0 Å². The fraction of sp³-hybridized carbons (Fsp3) is 0.462. The second kappa shape index (κ2) is 7.67. The number of nitrogens with zero attached hydrogens (tertiary/aromatic N) is 2. The highest BCUT2D eigenvalue weighted by Crippen LogP contribution is 1.98. The number of amides is 2. The molecular weight excluding hydrogens is 276 g/mol. The van der Waals surface area contributed by atoms with Gasteiger partial charge in [-0.3, -0.25) is 20.0 Å². The van der Waals surface area contributed by atoms with Gasteiger partial charge >= 0.3 is 0 Å². The van der Waals surface area contributed by atoms with Crippen molar-refractivity contribution < 1.29 is 19.4 Å².